The molecule has 2 rings (SSSR count). The van der Waals surface area contributed by atoms with E-state index in [2.05, 4.69) is 22.5 Å². The Kier molecular flexibility index (Phi) is 4.78. The van der Waals surface area contributed by atoms with E-state index >= 15 is 0 Å². The van der Waals surface area contributed by atoms with Gasteiger partial charge in [0.05, 0.1) is 24.4 Å². The van der Waals surface area contributed by atoms with Gasteiger partial charge in [-0.1, -0.05) is 0 Å². The number of carbonyl (C=O) groups excluding carboxylic acids is 1. The lowest BCUT2D eigenvalue weighted by Crippen LogP contribution is -2.47. The van der Waals surface area contributed by atoms with Crippen LogP contribution in [0.1, 0.15) is 35.8 Å². The summed E-state index contributed by atoms with van der Waals surface area (Å²) in [5, 5.41) is 7.32. The number of rotatable bonds is 4. The third-order valence-electron chi connectivity index (χ3n) is 3.45. The van der Waals surface area contributed by atoms with Gasteiger partial charge in [-0.2, -0.15) is 0 Å². The molecule has 1 aliphatic rings. The van der Waals surface area contributed by atoms with Crippen LogP contribution in [0.4, 0.5) is 0 Å². The summed E-state index contributed by atoms with van der Waals surface area (Å²) in [5.74, 6) is 0.0310. The maximum atomic E-state index is 12.2. The van der Waals surface area contributed by atoms with E-state index in [1.807, 2.05) is 20.8 Å². The lowest BCUT2D eigenvalue weighted by Gasteiger charge is -2.27. The lowest BCUT2D eigenvalue weighted by atomic mass is 10.1. The second kappa shape index (κ2) is 6.20. The molecule has 0 aromatic carbocycles. The summed E-state index contributed by atoms with van der Waals surface area (Å²) in [7, 11) is 0. The van der Waals surface area contributed by atoms with E-state index in [4.69, 9.17) is 4.74 Å². The van der Waals surface area contributed by atoms with Crippen molar-refractivity contribution in [2.75, 3.05) is 19.8 Å². The lowest BCUT2D eigenvalue weighted by molar-refractivity contribution is -0.124. The number of amides is 1. The van der Waals surface area contributed by atoms with Gasteiger partial charge in [0.2, 0.25) is 5.91 Å². The molecule has 6 heteroatoms. The van der Waals surface area contributed by atoms with Gasteiger partial charge in [-0.25, -0.2) is 4.98 Å². The van der Waals surface area contributed by atoms with Crippen molar-refractivity contribution in [3.05, 3.63) is 15.6 Å². The number of hydrogen-bond acceptors (Lipinski definition) is 5. The number of aromatic nitrogens is 1. The third kappa shape index (κ3) is 3.77. The van der Waals surface area contributed by atoms with Crippen molar-refractivity contribution in [2.45, 2.75) is 45.7 Å². The first-order valence-electron chi connectivity index (χ1n) is 6.95. The van der Waals surface area contributed by atoms with Gasteiger partial charge in [0.15, 0.2) is 0 Å². The van der Waals surface area contributed by atoms with Crippen LogP contribution in [0.2, 0.25) is 0 Å². The van der Waals surface area contributed by atoms with Gasteiger partial charge >= 0.3 is 0 Å². The summed E-state index contributed by atoms with van der Waals surface area (Å²) in [4.78, 5) is 17.9. The fourth-order valence-corrected chi connectivity index (χ4v) is 3.14. The first-order chi connectivity index (χ1) is 9.38. The second-order valence-corrected chi connectivity index (χ2v) is 6.97. The van der Waals surface area contributed by atoms with Crippen molar-refractivity contribution in [1.82, 2.24) is 15.6 Å². The highest BCUT2D eigenvalue weighted by molar-refractivity contribution is 7.11. The van der Waals surface area contributed by atoms with E-state index < -0.39 is 5.54 Å². The van der Waals surface area contributed by atoms with Crippen molar-refractivity contribution >= 4 is 17.2 Å². The standard InChI is InChI=1S/C14H23N3O2S/c1-9-10(2)20-13(16-9)14(3,4)17-12(18)7-11-8-19-6-5-15-11/h11,15H,5-8H2,1-4H3,(H,17,18). The number of aryl methyl sites for hydroxylation is 2. The number of nitrogens with zero attached hydrogens (tertiary/aromatic N) is 1. The van der Waals surface area contributed by atoms with Gasteiger partial charge in [-0.15, -0.1) is 11.3 Å². The molecule has 0 radical (unpaired) electrons. The Balaban J connectivity index is 1.94. The van der Waals surface area contributed by atoms with Crippen molar-refractivity contribution < 1.29 is 9.53 Å². The Morgan fingerprint density at radius 1 is 1.55 bits per heavy atom. The molecule has 1 aromatic rings. The zero-order valence-electron chi connectivity index (χ0n) is 12.6. The molecule has 0 spiro atoms. The molecule has 1 aliphatic heterocycles. The third-order valence-corrected chi connectivity index (χ3v) is 4.84. The topological polar surface area (TPSA) is 63.2 Å². The van der Waals surface area contributed by atoms with Crippen molar-refractivity contribution in [3.8, 4) is 0 Å². The molecular weight excluding hydrogens is 274 g/mol. The average Bonchev–Trinajstić information content (AvgIpc) is 2.71. The highest BCUT2D eigenvalue weighted by Gasteiger charge is 2.28. The quantitative estimate of drug-likeness (QED) is 0.884. The molecule has 1 saturated heterocycles. The first-order valence-corrected chi connectivity index (χ1v) is 7.77. The summed E-state index contributed by atoms with van der Waals surface area (Å²) in [6.07, 6.45) is 0.437. The van der Waals surface area contributed by atoms with Crippen LogP contribution in [-0.2, 0) is 15.1 Å². The van der Waals surface area contributed by atoms with Gasteiger partial charge in [-0.3, -0.25) is 4.79 Å². The summed E-state index contributed by atoms with van der Waals surface area (Å²) < 4.78 is 5.36. The summed E-state index contributed by atoms with van der Waals surface area (Å²) in [6.45, 7) is 10.2. The molecule has 5 nitrogen and oxygen atoms in total. The minimum absolute atomic E-state index is 0.0310. The molecule has 1 amide bonds. The second-order valence-electron chi connectivity index (χ2n) is 5.76. The van der Waals surface area contributed by atoms with E-state index in [0.717, 1.165) is 23.9 Å². The normalized spacial score (nSPS) is 19.9. The first kappa shape index (κ1) is 15.4. The zero-order valence-corrected chi connectivity index (χ0v) is 13.4. The number of nitrogens with one attached hydrogen (secondary N) is 2. The molecule has 1 aromatic heterocycles. The minimum atomic E-state index is -0.434. The molecule has 112 valence electrons. The minimum Gasteiger partial charge on any atom is -0.378 e. The van der Waals surface area contributed by atoms with Crippen LogP contribution >= 0.6 is 11.3 Å². The molecular formula is C14H23N3O2S. The summed E-state index contributed by atoms with van der Waals surface area (Å²) >= 11 is 1.64. The van der Waals surface area contributed by atoms with Crippen LogP contribution in [0.3, 0.4) is 0 Å². The molecule has 2 heterocycles. The van der Waals surface area contributed by atoms with Gasteiger partial charge in [0, 0.05) is 23.9 Å². The maximum Gasteiger partial charge on any atom is 0.222 e. The Labute approximate surface area is 124 Å². The van der Waals surface area contributed by atoms with Crippen molar-refractivity contribution in [3.63, 3.8) is 0 Å². The highest BCUT2D eigenvalue weighted by atomic mass is 32.1. The number of thiazole rings is 1. The molecule has 0 aliphatic carbocycles. The highest BCUT2D eigenvalue weighted by Crippen LogP contribution is 2.27. The van der Waals surface area contributed by atoms with E-state index in [-0.39, 0.29) is 11.9 Å². The molecule has 0 bridgehead atoms. The maximum absolute atomic E-state index is 12.2. The Hall–Kier alpha value is -0.980. The molecule has 1 unspecified atom stereocenters. The van der Waals surface area contributed by atoms with E-state index in [0.29, 0.717) is 13.0 Å². The SMILES string of the molecule is Cc1nc(C(C)(C)NC(=O)CC2COCCN2)sc1C. The predicted molar refractivity (Wildman–Crippen MR) is 80.0 cm³/mol. The molecule has 1 atom stereocenters. The van der Waals surface area contributed by atoms with Crippen molar-refractivity contribution in [1.29, 1.82) is 0 Å². The molecule has 1 fully saturated rings. The molecule has 20 heavy (non-hydrogen) atoms. The molecule has 0 saturated carbocycles. The fraction of sp³-hybridized carbons (Fsp3) is 0.714. The molecule has 2 N–H and O–H groups in total. The summed E-state index contributed by atoms with van der Waals surface area (Å²) in [5.41, 5.74) is 0.603. The van der Waals surface area contributed by atoms with Gasteiger partial charge in [-0.05, 0) is 27.7 Å². The van der Waals surface area contributed by atoms with Gasteiger partial charge in [0.25, 0.3) is 0 Å². The van der Waals surface area contributed by atoms with Crippen LogP contribution < -0.4 is 10.6 Å². The monoisotopic (exact) mass is 297 g/mol. The number of carbonyl (C=O) groups is 1. The largest absolute Gasteiger partial charge is 0.378 e. The average molecular weight is 297 g/mol. The van der Waals surface area contributed by atoms with Crippen LogP contribution in [0.5, 0.6) is 0 Å². The Bertz CT molecular complexity index is 459. The number of hydrogen-bond donors (Lipinski definition) is 2. The van der Waals surface area contributed by atoms with Crippen LogP contribution in [0.25, 0.3) is 0 Å². The van der Waals surface area contributed by atoms with E-state index in [1.54, 1.807) is 11.3 Å². The summed E-state index contributed by atoms with van der Waals surface area (Å²) in [6, 6.07) is 0.110. The van der Waals surface area contributed by atoms with E-state index in [9.17, 15) is 4.79 Å². The Morgan fingerprint density at radius 3 is 2.85 bits per heavy atom. The van der Waals surface area contributed by atoms with Crippen LogP contribution in [0, 0.1) is 13.8 Å². The van der Waals surface area contributed by atoms with Gasteiger partial charge < -0.3 is 15.4 Å². The van der Waals surface area contributed by atoms with Gasteiger partial charge in [0.1, 0.15) is 5.01 Å². The van der Waals surface area contributed by atoms with Crippen LogP contribution in [-0.4, -0.2) is 36.7 Å². The fourth-order valence-electron chi connectivity index (χ4n) is 2.17. The smallest absolute Gasteiger partial charge is 0.222 e. The van der Waals surface area contributed by atoms with Crippen molar-refractivity contribution in [2.24, 2.45) is 0 Å². The van der Waals surface area contributed by atoms with E-state index in [1.165, 1.54) is 4.88 Å². The van der Waals surface area contributed by atoms with Crippen LogP contribution in [0.15, 0.2) is 0 Å². The number of ether oxygens (including phenoxy) is 1. The Morgan fingerprint density at radius 2 is 2.30 bits per heavy atom. The predicted octanol–water partition coefficient (Wildman–Crippen LogP) is 1.49. The zero-order chi connectivity index (χ0) is 14.8. The number of morpholine rings is 1.